The van der Waals surface area contributed by atoms with Crippen LogP contribution in [0.25, 0.3) is 0 Å². The van der Waals surface area contributed by atoms with Gasteiger partial charge in [-0.15, -0.1) is 0 Å². The van der Waals surface area contributed by atoms with Gasteiger partial charge in [0.15, 0.2) is 5.78 Å². The van der Waals surface area contributed by atoms with Gasteiger partial charge in [-0.25, -0.2) is 0 Å². The summed E-state index contributed by atoms with van der Waals surface area (Å²) >= 11 is 6.02. The zero-order valence-electron chi connectivity index (χ0n) is 22.9. The lowest BCUT2D eigenvalue weighted by molar-refractivity contribution is -0.120. The van der Waals surface area contributed by atoms with E-state index in [1.54, 1.807) is 0 Å². The summed E-state index contributed by atoms with van der Waals surface area (Å²) in [5.41, 5.74) is 6.34. The summed E-state index contributed by atoms with van der Waals surface area (Å²) in [6.07, 6.45) is 1.22. The fourth-order valence-corrected chi connectivity index (χ4v) is 5.67. The molecule has 2 aliphatic rings. The molecule has 1 aliphatic heterocycles. The highest BCUT2D eigenvalue weighted by Crippen LogP contribution is 2.48. The Morgan fingerprint density at radius 3 is 2.41 bits per heavy atom. The second kappa shape index (κ2) is 10.8. The number of halogens is 1. The van der Waals surface area contributed by atoms with E-state index in [-0.39, 0.29) is 23.7 Å². The van der Waals surface area contributed by atoms with Crippen molar-refractivity contribution in [1.82, 2.24) is 5.32 Å². The molecule has 0 saturated carbocycles. The minimum absolute atomic E-state index is 0.0971. The molecule has 1 heterocycles. The summed E-state index contributed by atoms with van der Waals surface area (Å²) in [6.45, 7) is 4.76. The van der Waals surface area contributed by atoms with Crippen LogP contribution >= 0.6 is 11.6 Å². The quantitative estimate of drug-likeness (QED) is 0.380. The maximum atomic E-state index is 13.8. The maximum absolute atomic E-state index is 13.8. The van der Waals surface area contributed by atoms with Crippen molar-refractivity contribution in [3.05, 3.63) is 100 Å². The fourth-order valence-electron chi connectivity index (χ4n) is 5.54. The number of nitrogens with zero attached hydrogens (tertiary/aromatic N) is 2. The summed E-state index contributed by atoms with van der Waals surface area (Å²) in [4.78, 5) is 31.4. The molecule has 0 fully saturated rings. The number of fused-ring (bicyclic) bond motifs is 1. The summed E-state index contributed by atoms with van der Waals surface area (Å²) in [5.74, 6) is -0.00267. The van der Waals surface area contributed by atoms with Crippen LogP contribution in [0.15, 0.2) is 84.1 Å². The first-order valence-corrected chi connectivity index (χ1v) is 13.7. The number of nitrogens with one attached hydrogen (secondary N) is 2. The van der Waals surface area contributed by atoms with Crippen LogP contribution in [0.1, 0.15) is 43.9 Å². The van der Waals surface area contributed by atoms with Crippen molar-refractivity contribution >= 4 is 40.4 Å². The predicted octanol–water partition coefficient (Wildman–Crippen LogP) is 6.34. The Kier molecular flexibility index (Phi) is 7.41. The van der Waals surface area contributed by atoms with E-state index in [4.69, 9.17) is 11.6 Å². The molecule has 0 radical (unpaired) electrons. The van der Waals surface area contributed by atoms with Gasteiger partial charge in [-0.1, -0.05) is 61.8 Å². The van der Waals surface area contributed by atoms with E-state index in [0.717, 1.165) is 45.9 Å². The number of hydrogen-bond donors (Lipinski definition) is 2. The molecule has 1 aliphatic carbocycles. The first-order valence-electron chi connectivity index (χ1n) is 13.3. The average Bonchev–Trinajstić information content (AvgIpc) is 3.02. The van der Waals surface area contributed by atoms with Crippen molar-refractivity contribution in [3.8, 4) is 0 Å². The fraction of sp³-hybridized carbons (Fsp3) is 0.312. The summed E-state index contributed by atoms with van der Waals surface area (Å²) in [5, 5.41) is 7.32. The number of anilines is 3. The molecule has 6 nitrogen and oxygen atoms in total. The van der Waals surface area contributed by atoms with Gasteiger partial charge in [-0.3, -0.25) is 9.59 Å². The number of allylic oxidation sites excluding steroid dienone is 1. The van der Waals surface area contributed by atoms with Crippen molar-refractivity contribution in [2.45, 2.75) is 39.3 Å². The smallest absolute Gasteiger partial charge is 0.239 e. The first kappa shape index (κ1) is 26.8. The van der Waals surface area contributed by atoms with E-state index in [9.17, 15) is 9.59 Å². The summed E-state index contributed by atoms with van der Waals surface area (Å²) < 4.78 is 0. The second-order valence-electron chi connectivity index (χ2n) is 11.4. The number of rotatable bonds is 6. The van der Waals surface area contributed by atoms with E-state index in [0.29, 0.717) is 18.0 Å². The van der Waals surface area contributed by atoms with Crippen molar-refractivity contribution in [3.63, 3.8) is 0 Å². The molecule has 1 atom stereocenters. The van der Waals surface area contributed by atoms with E-state index < -0.39 is 6.04 Å². The number of carbonyl (C=O) groups excluding carboxylic acids is 2. The molecule has 202 valence electrons. The van der Waals surface area contributed by atoms with Crippen molar-refractivity contribution in [2.75, 3.05) is 35.8 Å². The Labute approximate surface area is 235 Å². The Hall–Kier alpha value is -3.77. The normalized spacial score (nSPS) is 18.0. The zero-order chi connectivity index (χ0) is 27.7. The molecule has 1 unspecified atom stereocenters. The minimum Gasteiger partial charge on any atom is -0.378 e. The van der Waals surface area contributed by atoms with Gasteiger partial charge in [0.2, 0.25) is 5.91 Å². The molecular weight excluding hydrogens is 508 g/mol. The molecule has 1 amide bonds. The van der Waals surface area contributed by atoms with Crippen LogP contribution < -0.4 is 20.4 Å². The third-order valence-corrected chi connectivity index (χ3v) is 7.70. The van der Waals surface area contributed by atoms with Crippen LogP contribution in [-0.4, -0.2) is 32.3 Å². The van der Waals surface area contributed by atoms with Crippen molar-refractivity contribution in [2.24, 2.45) is 5.41 Å². The lowest BCUT2D eigenvalue weighted by Gasteiger charge is -2.38. The van der Waals surface area contributed by atoms with Gasteiger partial charge in [-0.2, -0.15) is 0 Å². The molecule has 39 heavy (non-hydrogen) atoms. The lowest BCUT2D eigenvalue weighted by atomic mass is 9.73. The molecule has 2 N–H and O–H groups in total. The predicted molar refractivity (Wildman–Crippen MR) is 159 cm³/mol. The van der Waals surface area contributed by atoms with Gasteiger partial charge in [0.25, 0.3) is 0 Å². The molecule has 7 heteroatoms. The van der Waals surface area contributed by atoms with Crippen LogP contribution in [-0.2, 0) is 16.1 Å². The van der Waals surface area contributed by atoms with E-state index in [1.807, 2.05) is 62.6 Å². The standard InChI is InChI=1S/C32H35ClN4O2/c1-32(2)17-26-30(28(38)18-32)31(22-11-15-24(16-12-22)36(3)4)37(27-8-6-5-7-25(27)35-26)20-29(39)34-19-21-9-13-23(33)14-10-21/h5-16,31,35H,17-20H2,1-4H3,(H,34,39). The molecule has 0 spiro atoms. The second-order valence-corrected chi connectivity index (χ2v) is 11.8. The molecule has 3 aromatic rings. The topological polar surface area (TPSA) is 64.7 Å². The number of hydrogen-bond acceptors (Lipinski definition) is 5. The third kappa shape index (κ3) is 5.81. The van der Waals surface area contributed by atoms with E-state index in [1.165, 1.54) is 0 Å². The number of ketones is 1. The molecule has 3 aromatic carbocycles. The van der Waals surface area contributed by atoms with E-state index in [2.05, 4.69) is 58.5 Å². The Balaban J connectivity index is 1.56. The number of carbonyl (C=O) groups is 2. The Bertz CT molecular complexity index is 1410. The van der Waals surface area contributed by atoms with Gasteiger partial charge >= 0.3 is 0 Å². The van der Waals surface area contributed by atoms with Crippen molar-refractivity contribution < 1.29 is 9.59 Å². The van der Waals surface area contributed by atoms with Crippen LogP contribution in [0.3, 0.4) is 0 Å². The van der Waals surface area contributed by atoms with Crippen LogP contribution in [0.4, 0.5) is 17.1 Å². The van der Waals surface area contributed by atoms with Crippen LogP contribution in [0, 0.1) is 5.41 Å². The maximum Gasteiger partial charge on any atom is 0.239 e. The van der Waals surface area contributed by atoms with Crippen LogP contribution in [0.5, 0.6) is 0 Å². The molecular formula is C32H35ClN4O2. The van der Waals surface area contributed by atoms with E-state index >= 15 is 0 Å². The van der Waals surface area contributed by atoms with Crippen LogP contribution in [0.2, 0.25) is 5.02 Å². The Morgan fingerprint density at radius 1 is 1.03 bits per heavy atom. The van der Waals surface area contributed by atoms with Gasteiger partial charge in [0.05, 0.1) is 24.0 Å². The molecule has 0 saturated heterocycles. The third-order valence-electron chi connectivity index (χ3n) is 7.45. The van der Waals surface area contributed by atoms with Gasteiger partial charge < -0.3 is 20.4 Å². The van der Waals surface area contributed by atoms with Crippen molar-refractivity contribution in [1.29, 1.82) is 0 Å². The SMILES string of the molecule is CN(C)c1ccc(C2C3=C(CC(C)(C)CC3=O)Nc3ccccc3N2CC(=O)NCc2ccc(Cl)cc2)cc1. The number of amides is 1. The number of para-hydroxylation sites is 2. The largest absolute Gasteiger partial charge is 0.378 e. The summed E-state index contributed by atoms with van der Waals surface area (Å²) in [6, 6.07) is 23.3. The Morgan fingerprint density at radius 2 is 1.72 bits per heavy atom. The highest BCUT2D eigenvalue weighted by atomic mass is 35.5. The summed E-state index contributed by atoms with van der Waals surface area (Å²) in [7, 11) is 4.01. The number of Topliss-reactive ketones (excluding diaryl/α,β-unsaturated/α-hetero) is 1. The first-order chi connectivity index (χ1) is 18.6. The highest BCUT2D eigenvalue weighted by molar-refractivity contribution is 6.30. The molecule has 0 aromatic heterocycles. The monoisotopic (exact) mass is 542 g/mol. The highest BCUT2D eigenvalue weighted by Gasteiger charge is 2.41. The molecule has 5 rings (SSSR count). The number of benzene rings is 3. The van der Waals surface area contributed by atoms with Gasteiger partial charge in [-0.05, 0) is 59.4 Å². The zero-order valence-corrected chi connectivity index (χ0v) is 23.7. The molecule has 0 bridgehead atoms. The minimum atomic E-state index is -0.405. The average molecular weight is 543 g/mol. The van der Waals surface area contributed by atoms with Gasteiger partial charge in [0.1, 0.15) is 0 Å². The van der Waals surface area contributed by atoms with Gasteiger partial charge in [0, 0.05) is 49.0 Å². The lowest BCUT2D eigenvalue weighted by Crippen LogP contribution is -2.41.